The number of ether oxygens (including phenoxy) is 1. The van der Waals surface area contributed by atoms with Crippen molar-refractivity contribution in [1.82, 2.24) is 10.9 Å². The van der Waals surface area contributed by atoms with Crippen LogP contribution in [0.4, 0.5) is 5.69 Å². The highest BCUT2D eigenvalue weighted by molar-refractivity contribution is 5.94. The Morgan fingerprint density at radius 3 is 2.14 bits per heavy atom. The number of aryl methyl sites for hydroxylation is 2. The summed E-state index contributed by atoms with van der Waals surface area (Å²) < 4.78 is 5.06. The highest BCUT2D eigenvalue weighted by Crippen LogP contribution is 2.16. The van der Waals surface area contributed by atoms with Crippen LogP contribution < -0.4 is 20.9 Å². The number of nitrogens with one attached hydrogen (secondary N) is 3. The van der Waals surface area contributed by atoms with Crippen LogP contribution in [0.1, 0.15) is 29.5 Å². The van der Waals surface area contributed by atoms with Gasteiger partial charge in [-0.05, 0) is 43.2 Å². The summed E-state index contributed by atoms with van der Waals surface area (Å²) in [5.41, 5.74) is 8.26. The van der Waals surface area contributed by atoms with Crippen LogP contribution in [0, 0.1) is 13.8 Å². The Bertz CT molecular complexity index is 847. The lowest BCUT2D eigenvalue weighted by molar-refractivity contribution is -0.129. The molecule has 0 fully saturated rings. The van der Waals surface area contributed by atoms with Crippen molar-refractivity contribution < 1.29 is 19.1 Å². The number of carbonyl (C=O) groups is 3. The lowest BCUT2D eigenvalue weighted by Crippen LogP contribution is -2.42. The molecule has 0 aliphatic rings. The molecule has 3 amide bonds. The van der Waals surface area contributed by atoms with Crippen LogP contribution >= 0.6 is 0 Å². The molecule has 0 saturated carbocycles. The van der Waals surface area contributed by atoms with E-state index in [1.807, 2.05) is 32.0 Å². The highest BCUT2D eigenvalue weighted by Gasteiger charge is 2.10. The van der Waals surface area contributed by atoms with Gasteiger partial charge >= 0.3 is 0 Å². The van der Waals surface area contributed by atoms with Gasteiger partial charge in [0.15, 0.2) is 0 Å². The van der Waals surface area contributed by atoms with E-state index in [0.29, 0.717) is 5.75 Å². The number of rotatable bonds is 7. The third-order valence-corrected chi connectivity index (χ3v) is 4.10. The number of anilines is 1. The van der Waals surface area contributed by atoms with Crippen molar-refractivity contribution in [3.63, 3.8) is 0 Å². The number of carbonyl (C=O) groups excluding carboxylic acids is 3. The van der Waals surface area contributed by atoms with Gasteiger partial charge in [0.05, 0.1) is 13.5 Å². The molecule has 0 spiro atoms. The normalized spacial score (nSPS) is 10.1. The minimum Gasteiger partial charge on any atom is -0.497 e. The van der Waals surface area contributed by atoms with Crippen molar-refractivity contribution in [3.8, 4) is 5.75 Å². The van der Waals surface area contributed by atoms with Crippen LogP contribution in [0.25, 0.3) is 0 Å². The van der Waals surface area contributed by atoms with Gasteiger partial charge in [0.25, 0.3) is 0 Å². The Kier molecular flexibility index (Phi) is 7.56. The minimum absolute atomic E-state index is 0.0213. The summed E-state index contributed by atoms with van der Waals surface area (Å²) in [5.74, 6) is -0.333. The first kappa shape index (κ1) is 21.0. The minimum atomic E-state index is -0.432. The molecule has 2 aromatic rings. The summed E-state index contributed by atoms with van der Waals surface area (Å²) in [6.45, 7) is 3.89. The average Bonchev–Trinajstić information content (AvgIpc) is 2.67. The van der Waals surface area contributed by atoms with Crippen LogP contribution in [0.15, 0.2) is 42.5 Å². The Balaban J connectivity index is 1.69. The summed E-state index contributed by atoms with van der Waals surface area (Å²) in [6, 6.07) is 12.8. The number of hydrogen-bond acceptors (Lipinski definition) is 4. The molecule has 2 rings (SSSR count). The van der Waals surface area contributed by atoms with Crippen LogP contribution in [-0.2, 0) is 20.8 Å². The predicted octanol–water partition coefficient (Wildman–Crippen LogP) is 2.42. The molecule has 28 heavy (non-hydrogen) atoms. The second-order valence-electron chi connectivity index (χ2n) is 6.49. The molecule has 148 valence electrons. The van der Waals surface area contributed by atoms with Gasteiger partial charge < -0.3 is 10.1 Å². The smallest absolute Gasteiger partial charge is 0.242 e. The molecule has 0 unspecified atom stereocenters. The molecule has 3 N–H and O–H groups in total. The fraction of sp³-hybridized carbons (Fsp3) is 0.286. The second kappa shape index (κ2) is 10.1. The monoisotopic (exact) mass is 383 g/mol. The number of hydrogen-bond donors (Lipinski definition) is 3. The SMILES string of the molecule is COc1ccc(CC(=O)NNC(=O)CCC(=O)Nc2ccc(C)cc2C)cc1. The van der Waals surface area contributed by atoms with E-state index in [1.54, 1.807) is 31.4 Å². The second-order valence-corrected chi connectivity index (χ2v) is 6.49. The van der Waals surface area contributed by atoms with E-state index in [4.69, 9.17) is 4.74 Å². The van der Waals surface area contributed by atoms with Gasteiger partial charge in [0.1, 0.15) is 5.75 Å². The van der Waals surface area contributed by atoms with Gasteiger partial charge in [-0.1, -0.05) is 29.8 Å². The van der Waals surface area contributed by atoms with Gasteiger partial charge in [0, 0.05) is 18.5 Å². The first-order valence-electron chi connectivity index (χ1n) is 8.95. The van der Waals surface area contributed by atoms with Crippen molar-refractivity contribution in [1.29, 1.82) is 0 Å². The number of methoxy groups -OCH3 is 1. The van der Waals surface area contributed by atoms with Crippen molar-refractivity contribution in [2.24, 2.45) is 0 Å². The Hall–Kier alpha value is -3.35. The molecule has 7 nitrogen and oxygen atoms in total. The summed E-state index contributed by atoms with van der Waals surface area (Å²) in [7, 11) is 1.57. The first-order chi connectivity index (χ1) is 13.4. The number of hydrazine groups is 1. The molecule has 0 saturated heterocycles. The molecule has 2 aromatic carbocycles. The van der Waals surface area contributed by atoms with E-state index in [1.165, 1.54) is 0 Å². The van der Waals surface area contributed by atoms with Crippen LogP contribution in [0.2, 0.25) is 0 Å². The quantitative estimate of drug-likeness (QED) is 0.640. The fourth-order valence-electron chi connectivity index (χ4n) is 2.57. The van der Waals surface area contributed by atoms with E-state index in [2.05, 4.69) is 16.2 Å². The number of amides is 3. The van der Waals surface area contributed by atoms with Gasteiger partial charge in [-0.3, -0.25) is 25.2 Å². The molecule has 7 heteroatoms. The van der Waals surface area contributed by atoms with E-state index < -0.39 is 5.91 Å². The molecule has 0 atom stereocenters. The van der Waals surface area contributed by atoms with E-state index in [-0.39, 0.29) is 31.1 Å². The van der Waals surface area contributed by atoms with Crippen molar-refractivity contribution in [2.45, 2.75) is 33.1 Å². The largest absolute Gasteiger partial charge is 0.497 e. The predicted molar refractivity (Wildman–Crippen MR) is 107 cm³/mol. The molecule has 0 bridgehead atoms. The topological polar surface area (TPSA) is 96.5 Å². The van der Waals surface area contributed by atoms with Crippen molar-refractivity contribution >= 4 is 23.4 Å². The van der Waals surface area contributed by atoms with Gasteiger partial charge in [-0.2, -0.15) is 0 Å². The number of benzene rings is 2. The lowest BCUT2D eigenvalue weighted by Gasteiger charge is -2.10. The van der Waals surface area contributed by atoms with Crippen LogP contribution in [-0.4, -0.2) is 24.8 Å². The van der Waals surface area contributed by atoms with Crippen LogP contribution in [0.3, 0.4) is 0 Å². The first-order valence-corrected chi connectivity index (χ1v) is 8.95. The molecule has 0 aromatic heterocycles. The van der Waals surface area contributed by atoms with Gasteiger partial charge in [0.2, 0.25) is 17.7 Å². The third kappa shape index (κ3) is 6.75. The fourth-order valence-corrected chi connectivity index (χ4v) is 2.57. The highest BCUT2D eigenvalue weighted by atomic mass is 16.5. The standard InChI is InChI=1S/C21H25N3O4/c1-14-4-9-18(15(2)12-14)22-19(25)10-11-20(26)23-24-21(27)13-16-5-7-17(28-3)8-6-16/h4-9,12H,10-11,13H2,1-3H3,(H,22,25)(H,23,26)(H,24,27). The Morgan fingerprint density at radius 2 is 1.50 bits per heavy atom. The molecule has 0 aliphatic heterocycles. The molecule has 0 radical (unpaired) electrons. The molecule has 0 heterocycles. The van der Waals surface area contributed by atoms with Crippen LogP contribution in [0.5, 0.6) is 5.75 Å². The Labute approximate surface area is 164 Å². The summed E-state index contributed by atoms with van der Waals surface area (Å²) in [4.78, 5) is 35.7. The summed E-state index contributed by atoms with van der Waals surface area (Å²) >= 11 is 0. The van der Waals surface area contributed by atoms with Crippen molar-refractivity contribution in [2.75, 3.05) is 12.4 Å². The van der Waals surface area contributed by atoms with E-state index in [0.717, 1.165) is 22.4 Å². The van der Waals surface area contributed by atoms with Gasteiger partial charge in [-0.15, -0.1) is 0 Å². The van der Waals surface area contributed by atoms with Gasteiger partial charge in [-0.25, -0.2) is 0 Å². The van der Waals surface area contributed by atoms with E-state index >= 15 is 0 Å². The maximum atomic E-state index is 12.0. The summed E-state index contributed by atoms with van der Waals surface area (Å²) in [6.07, 6.45) is 0.116. The average molecular weight is 383 g/mol. The zero-order valence-electron chi connectivity index (χ0n) is 16.3. The molecular formula is C21H25N3O4. The zero-order chi connectivity index (χ0) is 20.5. The zero-order valence-corrected chi connectivity index (χ0v) is 16.3. The molecule has 0 aliphatic carbocycles. The molecular weight excluding hydrogens is 358 g/mol. The summed E-state index contributed by atoms with van der Waals surface area (Å²) in [5, 5.41) is 2.78. The Morgan fingerprint density at radius 1 is 0.857 bits per heavy atom. The lowest BCUT2D eigenvalue weighted by atomic mass is 10.1. The maximum Gasteiger partial charge on any atom is 0.242 e. The third-order valence-electron chi connectivity index (χ3n) is 4.10. The van der Waals surface area contributed by atoms with Crippen molar-refractivity contribution in [3.05, 3.63) is 59.2 Å². The maximum absolute atomic E-state index is 12.0. The van der Waals surface area contributed by atoms with E-state index in [9.17, 15) is 14.4 Å².